The molecule has 0 unspecified atom stereocenters. The lowest BCUT2D eigenvalue weighted by atomic mass is 10.1. The topological polar surface area (TPSA) is 81.0 Å². The third-order valence-corrected chi connectivity index (χ3v) is 3.15. The van der Waals surface area contributed by atoms with Gasteiger partial charge in [-0.1, -0.05) is 18.4 Å². The Kier molecular flexibility index (Phi) is 3.90. The van der Waals surface area contributed by atoms with Crippen molar-refractivity contribution in [3.8, 4) is 0 Å². The molecule has 1 saturated heterocycles. The van der Waals surface area contributed by atoms with Gasteiger partial charge in [-0.05, 0) is 23.2 Å². The van der Waals surface area contributed by atoms with E-state index >= 15 is 0 Å². The van der Waals surface area contributed by atoms with Gasteiger partial charge in [0, 0.05) is 13.0 Å². The van der Waals surface area contributed by atoms with E-state index in [1.54, 1.807) is 0 Å². The summed E-state index contributed by atoms with van der Waals surface area (Å²) < 4.78 is 0. The monoisotopic (exact) mass is 271 g/mol. The van der Waals surface area contributed by atoms with E-state index < -0.39 is 11.2 Å². The fourth-order valence-electron chi connectivity index (χ4n) is 1.79. The first kappa shape index (κ1) is 12.9. The molecule has 18 heavy (non-hydrogen) atoms. The van der Waals surface area contributed by atoms with E-state index in [-0.39, 0.29) is 24.8 Å². The maximum absolute atomic E-state index is 11.7. The summed E-state index contributed by atoms with van der Waals surface area (Å²) in [5.74, 6) is -0.415. The largest absolute Gasteiger partial charge is 0.281 e. The van der Waals surface area contributed by atoms with Crippen molar-refractivity contribution in [1.82, 2.24) is 20.2 Å². The van der Waals surface area contributed by atoms with Crippen LogP contribution in [0.1, 0.15) is 26.2 Å². The van der Waals surface area contributed by atoms with E-state index in [9.17, 15) is 9.59 Å². The minimum absolute atomic E-state index is 0.117. The van der Waals surface area contributed by atoms with Crippen molar-refractivity contribution in [3.63, 3.8) is 0 Å². The number of carbonyl (C=O) groups is 2. The minimum atomic E-state index is -0.496. The van der Waals surface area contributed by atoms with Crippen molar-refractivity contribution in [2.24, 2.45) is 5.92 Å². The molecule has 2 rings (SSSR count). The normalized spacial score (nSPS) is 19.6. The standard InChI is InChI=1S/C10H14ClN5O2/c1-2-3-4-16-13-10(12-14-16)15-6-7(9(11)18)5-8(15)17/h7H,2-6H2,1H3/t7-/m0/s1. The predicted octanol–water partition coefficient (Wildman–Crippen LogP) is 0.591. The Morgan fingerprint density at radius 2 is 2.33 bits per heavy atom. The molecule has 8 heteroatoms. The maximum Gasteiger partial charge on any atom is 0.272 e. The molecule has 0 aromatic carbocycles. The average Bonchev–Trinajstić information content (AvgIpc) is 2.92. The molecule has 0 N–H and O–H groups in total. The highest BCUT2D eigenvalue weighted by Crippen LogP contribution is 2.23. The molecule has 1 aliphatic heterocycles. The van der Waals surface area contributed by atoms with Gasteiger partial charge in [-0.25, -0.2) is 0 Å². The van der Waals surface area contributed by atoms with Gasteiger partial charge in [-0.15, -0.1) is 5.10 Å². The van der Waals surface area contributed by atoms with Crippen LogP contribution >= 0.6 is 11.6 Å². The van der Waals surface area contributed by atoms with Crippen LogP contribution in [0.4, 0.5) is 5.95 Å². The van der Waals surface area contributed by atoms with E-state index in [1.807, 2.05) is 0 Å². The number of hydrogen-bond donors (Lipinski definition) is 0. The van der Waals surface area contributed by atoms with Crippen LogP contribution in [0.5, 0.6) is 0 Å². The molecule has 1 fully saturated rings. The Labute approximate surface area is 109 Å². The van der Waals surface area contributed by atoms with Gasteiger partial charge in [0.15, 0.2) is 0 Å². The van der Waals surface area contributed by atoms with Crippen LogP contribution in [0.25, 0.3) is 0 Å². The first-order valence-electron chi connectivity index (χ1n) is 5.89. The van der Waals surface area contributed by atoms with Crippen LogP contribution in [-0.4, -0.2) is 37.9 Å². The first-order valence-corrected chi connectivity index (χ1v) is 6.27. The van der Waals surface area contributed by atoms with Gasteiger partial charge >= 0.3 is 0 Å². The second-order valence-electron chi connectivity index (χ2n) is 4.25. The number of hydrogen-bond acceptors (Lipinski definition) is 5. The molecule has 0 bridgehead atoms. The number of carbonyl (C=O) groups excluding carboxylic acids is 2. The highest BCUT2D eigenvalue weighted by Gasteiger charge is 2.36. The maximum atomic E-state index is 11.7. The van der Waals surface area contributed by atoms with Crippen LogP contribution in [0.15, 0.2) is 0 Å². The van der Waals surface area contributed by atoms with Crippen molar-refractivity contribution < 1.29 is 9.59 Å². The summed E-state index contributed by atoms with van der Waals surface area (Å²) in [5.41, 5.74) is 0. The van der Waals surface area contributed by atoms with Gasteiger partial charge in [0.25, 0.3) is 5.95 Å². The Morgan fingerprint density at radius 3 is 2.94 bits per heavy atom. The molecule has 1 aliphatic rings. The molecule has 1 atom stereocenters. The molecular formula is C10H14ClN5O2. The van der Waals surface area contributed by atoms with E-state index in [1.165, 1.54) is 9.70 Å². The Hall–Kier alpha value is -1.50. The van der Waals surface area contributed by atoms with Gasteiger partial charge in [-0.3, -0.25) is 14.5 Å². The van der Waals surface area contributed by atoms with Crippen LogP contribution in [0, 0.1) is 5.92 Å². The number of tetrazole rings is 1. The van der Waals surface area contributed by atoms with Gasteiger partial charge < -0.3 is 0 Å². The van der Waals surface area contributed by atoms with Crippen LogP contribution < -0.4 is 4.90 Å². The Balaban J connectivity index is 2.05. The molecule has 7 nitrogen and oxygen atoms in total. The summed E-state index contributed by atoms with van der Waals surface area (Å²) in [6.45, 7) is 2.97. The third kappa shape index (κ3) is 2.66. The summed E-state index contributed by atoms with van der Waals surface area (Å²) in [4.78, 5) is 25.6. The fourth-order valence-corrected chi connectivity index (χ4v) is 1.94. The molecule has 0 saturated carbocycles. The molecule has 0 radical (unpaired) electrons. The molecule has 0 spiro atoms. The summed E-state index contributed by atoms with van der Waals surface area (Å²) in [6.07, 6.45) is 2.10. The van der Waals surface area contributed by atoms with Crippen molar-refractivity contribution in [2.45, 2.75) is 32.7 Å². The van der Waals surface area contributed by atoms with Gasteiger partial charge in [0.05, 0.1) is 12.5 Å². The summed E-state index contributed by atoms with van der Waals surface area (Å²) in [5, 5.41) is 11.3. The smallest absolute Gasteiger partial charge is 0.272 e. The Bertz CT molecular complexity index is 461. The molecule has 0 aliphatic carbocycles. The van der Waals surface area contributed by atoms with E-state index in [2.05, 4.69) is 22.3 Å². The number of amides is 1. The molecule has 98 valence electrons. The number of halogens is 1. The van der Waals surface area contributed by atoms with E-state index in [4.69, 9.17) is 11.6 Å². The average molecular weight is 272 g/mol. The van der Waals surface area contributed by atoms with Crippen LogP contribution in [0.3, 0.4) is 0 Å². The highest BCUT2D eigenvalue weighted by molar-refractivity contribution is 6.64. The van der Waals surface area contributed by atoms with Crippen molar-refractivity contribution in [1.29, 1.82) is 0 Å². The lowest BCUT2D eigenvalue weighted by molar-refractivity contribution is -0.120. The van der Waals surface area contributed by atoms with E-state index in [0.717, 1.165) is 12.8 Å². The SMILES string of the molecule is CCCCn1nnc(N2C[C@@H](C(=O)Cl)CC2=O)n1. The first-order chi connectivity index (χ1) is 8.61. The van der Waals surface area contributed by atoms with Gasteiger partial charge in [-0.2, -0.15) is 4.80 Å². The van der Waals surface area contributed by atoms with Crippen molar-refractivity contribution >= 4 is 28.7 Å². The zero-order valence-corrected chi connectivity index (χ0v) is 10.8. The minimum Gasteiger partial charge on any atom is -0.281 e. The summed E-state index contributed by atoms with van der Waals surface area (Å²) in [7, 11) is 0. The number of aryl methyl sites for hydroxylation is 1. The van der Waals surface area contributed by atoms with Gasteiger partial charge in [0.2, 0.25) is 11.1 Å². The second-order valence-corrected chi connectivity index (χ2v) is 4.62. The lowest BCUT2D eigenvalue weighted by Crippen LogP contribution is -2.26. The van der Waals surface area contributed by atoms with E-state index in [0.29, 0.717) is 6.54 Å². The zero-order valence-electron chi connectivity index (χ0n) is 10.0. The summed E-state index contributed by atoms with van der Waals surface area (Å²) >= 11 is 5.40. The quantitative estimate of drug-likeness (QED) is 0.732. The predicted molar refractivity (Wildman–Crippen MR) is 64.0 cm³/mol. The molecular weight excluding hydrogens is 258 g/mol. The van der Waals surface area contributed by atoms with Gasteiger partial charge in [0.1, 0.15) is 0 Å². The Morgan fingerprint density at radius 1 is 1.56 bits per heavy atom. The number of nitrogens with zero attached hydrogens (tertiary/aromatic N) is 5. The molecule has 1 aromatic heterocycles. The third-order valence-electron chi connectivity index (χ3n) is 2.84. The van der Waals surface area contributed by atoms with Crippen LogP contribution in [0.2, 0.25) is 0 Å². The fraction of sp³-hybridized carbons (Fsp3) is 0.700. The number of anilines is 1. The summed E-state index contributed by atoms with van der Waals surface area (Å²) in [6, 6.07) is 0. The highest BCUT2D eigenvalue weighted by atomic mass is 35.5. The molecule has 2 heterocycles. The number of aromatic nitrogens is 4. The van der Waals surface area contributed by atoms with Crippen molar-refractivity contribution in [2.75, 3.05) is 11.4 Å². The van der Waals surface area contributed by atoms with Crippen molar-refractivity contribution in [3.05, 3.63) is 0 Å². The zero-order chi connectivity index (χ0) is 13.1. The second kappa shape index (κ2) is 5.43. The number of unbranched alkanes of at least 4 members (excludes halogenated alkanes) is 1. The lowest BCUT2D eigenvalue weighted by Gasteiger charge is -2.09. The number of rotatable bonds is 5. The molecule has 1 aromatic rings. The molecule has 1 amide bonds. The van der Waals surface area contributed by atoms with Crippen LogP contribution in [-0.2, 0) is 16.1 Å².